The summed E-state index contributed by atoms with van der Waals surface area (Å²) in [5, 5.41) is 12.4. The Morgan fingerprint density at radius 1 is 1.45 bits per heavy atom. The maximum atomic E-state index is 12.2. The zero-order chi connectivity index (χ0) is 15.3. The van der Waals surface area contributed by atoms with E-state index in [-0.39, 0.29) is 35.6 Å². The number of amides is 2. The van der Waals surface area contributed by atoms with Crippen molar-refractivity contribution < 1.29 is 19.4 Å². The van der Waals surface area contributed by atoms with Gasteiger partial charge in [0.2, 0.25) is 5.91 Å². The average molecular weight is 280 g/mol. The van der Waals surface area contributed by atoms with Crippen LogP contribution in [0, 0.1) is 5.92 Å². The molecule has 0 bridgehead atoms. The first-order chi connectivity index (χ1) is 9.40. The number of carbonyl (C=O) groups excluding carboxylic acids is 2. The van der Waals surface area contributed by atoms with E-state index in [1.54, 1.807) is 27.1 Å². The summed E-state index contributed by atoms with van der Waals surface area (Å²) >= 11 is 0. The average Bonchev–Trinajstić information content (AvgIpc) is 2.45. The van der Waals surface area contributed by atoms with Gasteiger partial charge in [-0.3, -0.25) is 9.59 Å². The maximum Gasteiger partial charge on any atom is 0.257 e. The second kappa shape index (κ2) is 6.79. The second-order valence-corrected chi connectivity index (χ2v) is 4.58. The zero-order valence-corrected chi connectivity index (χ0v) is 12.1. The maximum absolute atomic E-state index is 12.2. The van der Waals surface area contributed by atoms with Crippen molar-refractivity contribution in [2.24, 2.45) is 5.92 Å². The zero-order valence-electron chi connectivity index (χ0n) is 12.1. The van der Waals surface area contributed by atoms with Gasteiger partial charge in [-0.15, -0.1) is 0 Å². The number of phenolic OH excluding ortho intramolecular Hbond substituents is 1. The van der Waals surface area contributed by atoms with Crippen LogP contribution in [0.1, 0.15) is 17.3 Å². The normalized spacial score (nSPS) is 11.6. The first kappa shape index (κ1) is 15.8. The van der Waals surface area contributed by atoms with Crippen LogP contribution in [0.5, 0.6) is 11.5 Å². The molecule has 0 saturated heterocycles. The number of benzene rings is 1. The Hall–Kier alpha value is -2.24. The van der Waals surface area contributed by atoms with Crippen LogP contribution in [0.25, 0.3) is 0 Å². The van der Waals surface area contributed by atoms with Gasteiger partial charge in [-0.05, 0) is 12.1 Å². The first-order valence-corrected chi connectivity index (χ1v) is 6.24. The minimum Gasteiger partial charge on any atom is -0.507 e. The van der Waals surface area contributed by atoms with Crippen molar-refractivity contribution >= 4 is 11.8 Å². The molecule has 1 aromatic carbocycles. The van der Waals surface area contributed by atoms with E-state index in [0.717, 1.165) is 0 Å². The van der Waals surface area contributed by atoms with Crippen LogP contribution in [-0.2, 0) is 4.79 Å². The molecule has 0 aromatic heterocycles. The van der Waals surface area contributed by atoms with Gasteiger partial charge in [0.15, 0.2) is 0 Å². The van der Waals surface area contributed by atoms with Crippen LogP contribution in [-0.4, -0.2) is 49.6 Å². The number of rotatable bonds is 5. The van der Waals surface area contributed by atoms with Crippen molar-refractivity contribution in [2.45, 2.75) is 6.92 Å². The van der Waals surface area contributed by atoms with E-state index in [9.17, 15) is 14.7 Å². The van der Waals surface area contributed by atoms with Crippen molar-refractivity contribution in [1.82, 2.24) is 10.2 Å². The molecule has 0 saturated carbocycles. The van der Waals surface area contributed by atoms with Crippen molar-refractivity contribution in [3.05, 3.63) is 23.8 Å². The Kier molecular flexibility index (Phi) is 5.37. The Morgan fingerprint density at radius 3 is 2.60 bits per heavy atom. The molecule has 0 radical (unpaired) electrons. The second-order valence-electron chi connectivity index (χ2n) is 4.58. The largest absolute Gasteiger partial charge is 0.507 e. The fourth-order valence-corrected chi connectivity index (χ4v) is 1.85. The Bertz CT molecular complexity index is 502. The summed E-state index contributed by atoms with van der Waals surface area (Å²) in [5.74, 6) is -0.479. The topological polar surface area (TPSA) is 78.9 Å². The minimum absolute atomic E-state index is 0.136. The Labute approximate surface area is 118 Å². The summed E-state index contributed by atoms with van der Waals surface area (Å²) in [7, 11) is 4.62. The number of hydrogen-bond donors (Lipinski definition) is 2. The number of ether oxygens (including phenoxy) is 1. The van der Waals surface area contributed by atoms with Crippen molar-refractivity contribution in [3.8, 4) is 11.5 Å². The van der Waals surface area contributed by atoms with Crippen LogP contribution >= 0.6 is 0 Å². The lowest BCUT2D eigenvalue weighted by atomic mass is 10.1. The van der Waals surface area contributed by atoms with Crippen LogP contribution < -0.4 is 10.1 Å². The quantitative estimate of drug-likeness (QED) is 0.838. The van der Waals surface area contributed by atoms with Gasteiger partial charge in [0.1, 0.15) is 11.5 Å². The van der Waals surface area contributed by atoms with Crippen LogP contribution in [0.3, 0.4) is 0 Å². The number of aromatic hydroxyl groups is 1. The van der Waals surface area contributed by atoms with E-state index in [1.807, 2.05) is 0 Å². The number of nitrogens with one attached hydrogen (secondary N) is 1. The molecule has 0 aliphatic rings. The summed E-state index contributed by atoms with van der Waals surface area (Å²) in [6.07, 6.45) is 0. The lowest BCUT2D eigenvalue weighted by molar-refractivity contribution is -0.124. The molecule has 2 N–H and O–H groups in total. The third-order valence-electron chi connectivity index (χ3n) is 3.02. The third-order valence-corrected chi connectivity index (χ3v) is 3.02. The lowest BCUT2D eigenvalue weighted by Crippen LogP contribution is -2.37. The highest BCUT2D eigenvalue weighted by Gasteiger charge is 2.20. The predicted molar refractivity (Wildman–Crippen MR) is 74.9 cm³/mol. The van der Waals surface area contributed by atoms with Crippen LogP contribution in [0.4, 0.5) is 0 Å². The molecule has 0 spiro atoms. The van der Waals surface area contributed by atoms with E-state index < -0.39 is 0 Å². The summed E-state index contributed by atoms with van der Waals surface area (Å²) in [5.41, 5.74) is 0.178. The molecule has 1 atom stereocenters. The molecule has 6 nitrogen and oxygen atoms in total. The number of methoxy groups -OCH3 is 1. The molecule has 0 aliphatic heterocycles. The highest BCUT2D eigenvalue weighted by atomic mass is 16.5. The molecule has 0 heterocycles. The molecule has 6 heteroatoms. The fourth-order valence-electron chi connectivity index (χ4n) is 1.85. The molecular weight excluding hydrogens is 260 g/mol. The predicted octanol–water partition coefficient (Wildman–Crippen LogP) is 0.855. The monoisotopic (exact) mass is 280 g/mol. The molecule has 0 aliphatic carbocycles. The Balaban J connectivity index is 2.81. The van der Waals surface area contributed by atoms with E-state index in [0.29, 0.717) is 5.75 Å². The molecule has 1 rings (SSSR count). The molecule has 1 unspecified atom stereocenters. The van der Waals surface area contributed by atoms with E-state index >= 15 is 0 Å². The molecule has 2 amide bonds. The smallest absolute Gasteiger partial charge is 0.257 e. The molecule has 1 aromatic rings. The lowest BCUT2D eigenvalue weighted by Gasteiger charge is -2.21. The van der Waals surface area contributed by atoms with Gasteiger partial charge in [-0.25, -0.2) is 0 Å². The Morgan fingerprint density at radius 2 is 2.10 bits per heavy atom. The van der Waals surface area contributed by atoms with E-state index in [4.69, 9.17) is 4.74 Å². The van der Waals surface area contributed by atoms with E-state index in [1.165, 1.54) is 24.1 Å². The van der Waals surface area contributed by atoms with Gasteiger partial charge in [-0.1, -0.05) is 6.92 Å². The van der Waals surface area contributed by atoms with Crippen molar-refractivity contribution in [3.63, 3.8) is 0 Å². The summed E-state index contributed by atoms with van der Waals surface area (Å²) < 4.78 is 4.96. The SMILES string of the molecule is CNC(=O)C(C)CN(C)C(=O)c1ccc(OC)cc1O. The highest BCUT2D eigenvalue weighted by Crippen LogP contribution is 2.24. The highest BCUT2D eigenvalue weighted by molar-refractivity contribution is 5.97. The number of hydrogen-bond acceptors (Lipinski definition) is 4. The van der Waals surface area contributed by atoms with Crippen LogP contribution in [0.2, 0.25) is 0 Å². The molecule has 0 fully saturated rings. The van der Waals surface area contributed by atoms with Gasteiger partial charge < -0.3 is 20.1 Å². The molecule has 110 valence electrons. The number of carbonyl (C=O) groups is 2. The fraction of sp³-hybridized carbons (Fsp3) is 0.429. The van der Waals surface area contributed by atoms with Crippen molar-refractivity contribution in [2.75, 3.05) is 27.7 Å². The van der Waals surface area contributed by atoms with Gasteiger partial charge >= 0.3 is 0 Å². The number of phenols is 1. The summed E-state index contributed by atoms with van der Waals surface area (Å²) in [4.78, 5) is 25.1. The summed E-state index contributed by atoms with van der Waals surface area (Å²) in [6, 6.07) is 4.48. The van der Waals surface area contributed by atoms with Crippen molar-refractivity contribution in [1.29, 1.82) is 0 Å². The minimum atomic E-state index is -0.346. The van der Waals surface area contributed by atoms with E-state index in [2.05, 4.69) is 5.32 Å². The van der Waals surface area contributed by atoms with Crippen LogP contribution in [0.15, 0.2) is 18.2 Å². The molecular formula is C14H20N2O4. The first-order valence-electron chi connectivity index (χ1n) is 6.24. The van der Waals surface area contributed by atoms with Gasteiger partial charge in [0.25, 0.3) is 5.91 Å². The third kappa shape index (κ3) is 3.63. The van der Waals surface area contributed by atoms with Gasteiger partial charge in [-0.2, -0.15) is 0 Å². The summed E-state index contributed by atoms with van der Waals surface area (Å²) in [6.45, 7) is 2.00. The standard InChI is InChI=1S/C14H20N2O4/c1-9(13(18)15-2)8-16(3)14(19)11-6-5-10(20-4)7-12(11)17/h5-7,9,17H,8H2,1-4H3,(H,15,18). The number of nitrogens with zero attached hydrogens (tertiary/aromatic N) is 1. The van der Waals surface area contributed by atoms with Gasteiger partial charge in [0.05, 0.1) is 18.6 Å². The van der Waals surface area contributed by atoms with Gasteiger partial charge in [0, 0.05) is 26.7 Å². The molecule has 20 heavy (non-hydrogen) atoms.